The molecule has 2 heterocycles. The molecular formula is C23H21FN2O5. The molecule has 2 aliphatic heterocycles. The maximum absolute atomic E-state index is 13.4. The molecule has 7 nitrogen and oxygen atoms in total. The van der Waals surface area contributed by atoms with Crippen molar-refractivity contribution in [2.45, 2.75) is 37.4 Å². The third kappa shape index (κ3) is 3.13. The second-order valence-corrected chi connectivity index (χ2v) is 7.91. The van der Waals surface area contributed by atoms with Crippen molar-refractivity contribution >= 4 is 23.5 Å². The van der Waals surface area contributed by atoms with Crippen molar-refractivity contribution in [3.8, 4) is 5.75 Å². The van der Waals surface area contributed by atoms with Gasteiger partial charge in [0.1, 0.15) is 24.8 Å². The van der Waals surface area contributed by atoms with E-state index in [-0.39, 0.29) is 49.7 Å². The van der Waals surface area contributed by atoms with E-state index >= 15 is 0 Å². The zero-order chi connectivity index (χ0) is 21.6. The molecule has 0 N–H and O–H groups in total. The van der Waals surface area contributed by atoms with E-state index in [9.17, 15) is 18.8 Å². The average molecular weight is 424 g/mol. The first-order valence-corrected chi connectivity index (χ1v) is 10.3. The topological polar surface area (TPSA) is 76.2 Å². The second kappa shape index (κ2) is 7.37. The largest absolute Gasteiger partial charge is 0.490 e. The predicted octanol–water partition coefficient (Wildman–Crippen LogP) is 2.89. The lowest BCUT2D eigenvalue weighted by molar-refractivity contribution is -0.158. The van der Waals surface area contributed by atoms with Gasteiger partial charge in [0.25, 0.3) is 5.91 Å². The van der Waals surface area contributed by atoms with E-state index in [2.05, 4.69) is 0 Å². The van der Waals surface area contributed by atoms with Gasteiger partial charge in [-0.3, -0.25) is 14.5 Å². The van der Waals surface area contributed by atoms with Crippen LogP contribution in [0.15, 0.2) is 48.5 Å². The first-order chi connectivity index (χ1) is 15.0. The van der Waals surface area contributed by atoms with Gasteiger partial charge < -0.3 is 14.4 Å². The maximum atomic E-state index is 13.4. The lowest BCUT2D eigenvalue weighted by Gasteiger charge is -2.48. The molecule has 0 spiro atoms. The van der Waals surface area contributed by atoms with Crippen molar-refractivity contribution in [1.29, 1.82) is 0 Å². The van der Waals surface area contributed by atoms with Crippen LogP contribution in [-0.2, 0) is 14.3 Å². The molecule has 1 saturated carbocycles. The van der Waals surface area contributed by atoms with Gasteiger partial charge in [0, 0.05) is 18.9 Å². The number of rotatable bonds is 6. The molecule has 0 aromatic heterocycles. The Labute approximate surface area is 178 Å². The minimum Gasteiger partial charge on any atom is -0.490 e. The van der Waals surface area contributed by atoms with Gasteiger partial charge in [-0.1, -0.05) is 12.1 Å². The highest BCUT2D eigenvalue weighted by Gasteiger charge is 2.64. The van der Waals surface area contributed by atoms with Gasteiger partial charge in [0.2, 0.25) is 11.6 Å². The van der Waals surface area contributed by atoms with Crippen LogP contribution in [0.3, 0.4) is 0 Å². The summed E-state index contributed by atoms with van der Waals surface area (Å²) in [4.78, 5) is 42.6. The lowest BCUT2D eigenvalue weighted by Crippen LogP contribution is -2.69. The fourth-order valence-corrected chi connectivity index (χ4v) is 4.45. The van der Waals surface area contributed by atoms with Gasteiger partial charge in [0.05, 0.1) is 11.3 Å². The quantitative estimate of drug-likeness (QED) is 0.527. The van der Waals surface area contributed by atoms with Crippen molar-refractivity contribution < 1.29 is 28.2 Å². The van der Waals surface area contributed by atoms with Gasteiger partial charge in [-0.05, 0) is 49.2 Å². The molecule has 1 aliphatic carbocycles. The molecule has 1 saturated heterocycles. The Hall–Kier alpha value is -3.42. The summed E-state index contributed by atoms with van der Waals surface area (Å²) in [6.45, 7) is 0.00367. The fourth-order valence-electron chi connectivity index (χ4n) is 4.45. The molecule has 160 valence electrons. The number of anilines is 1. The number of carbonyl (C=O) groups excluding carboxylic acids is 3. The molecule has 2 aromatic rings. The molecule has 8 heteroatoms. The summed E-state index contributed by atoms with van der Waals surface area (Å²) in [6, 6.07) is 12.3. The van der Waals surface area contributed by atoms with E-state index in [1.165, 1.54) is 29.2 Å². The Balaban J connectivity index is 1.39. The van der Waals surface area contributed by atoms with Crippen LogP contribution in [0.4, 0.5) is 10.1 Å². The van der Waals surface area contributed by atoms with Gasteiger partial charge in [-0.15, -0.1) is 0 Å². The molecule has 5 rings (SSSR count). The first-order valence-electron chi connectivity index (χ1n) is 10.3. The first kappa shape index (κ1) is 19.5. The third-order valence-electron chi connectivity index (χ3n) is 5.94. The Morgan fingerprint density at radius 3 is 2.55 bits per heavy atom. The number of hydrogen-bond acceptors (Lipinski definition) is 5. The molecule has 1 unspecified atom stereocenters. The van der Waals surface area contributed by atoms with E-state index in [1.807, 2.05) is 0 Å². The Morgan fingerprint density at radius 2 is 1.81 bits per heavy atom. The van der Waals surface area contributed by atoms with Crippen LogP contribution in [0.25, 0.3) is 0 Å². The summed E-state index contributed by atoms with van der Waals surface area (Å²) >= 11 is 0. The van der Waals surface area contributed by atoms with E-state index in [1.54, 1.807) is 29.2 Å². The van der Waals surface area contributed by atoms with Crippen molar-refractivity contribution in [3.63, 3.8) is 0 Å². The molecule has 2 aromatic carbocycles. The molecule has 2 amide bonds. The van der Waals surface area contributed by atoms with E-state index < -0.39 is 11.6 Å². The Morgan fingerprint density at radius 1 is 1.06 bits per heavy atom. The standard InChI is InChI=1S/C23H21FN2O5/c24-15-5-9-17(10-6-15)30-13-14-31-22(29)23-12-11-20(27)26(23)19-4-2-1-3-18(19)21(28)25(23)16-7-8-16/h1-6,9-10,16H,7-8,11-14H2. The van der Waals surface area contributed by atoms with Gasteiger partial charge in [-0.2, -0.15) is 0 Å². The zero-order valence-electron chi connectivity index (χ0n) is 16.8. The molecule has 0 bridgehead atoms. The molecule has 2 fully saturated rings. The smallest absolute Gasteiger partial charge is 0.353 e. The number of nitrogens with zero attached hydrogens (tertiary/aromatic N) is 2. The zero-order valence-corrected chi connectivity index (χ0v) is 16.8. The van der Waals surface area contributed by atoms with Crippen molar-refractivity contribution in [1.82, 2.24) is 4.90 Å². The molecule has 31 heavy (non-hydrogen) atoms. The highest BCUT2D eigenvalue weighted by molar-refractivity contribution is 6.15. The number of hydrogen-bond donors (Lipinski definition) is 0. The van der Waals surface area contributed by atoms with Crippen molar-refractivity contribution in [2.75, 3.05) is 18.1 Å². The average Bonchev–Trinajstić information content (AvgIpc) is 3.55. The lowest BCUT2D eigenvalue weighted by atomic mass is 9.96. The van der Waals surface area contributed by atoms with Crippen LogP contribution in [0.1, 0.15) is 36.0 Å². The van der Waals surface area contributed by atoms with Crippen LogP contribution in [0.5, 0.6) is 5.75 Å². The second-order valence-electron chi connectivity index (χ2n) is 7.91. The van der Waals surface area contributed by atoms with Gasteiger partial charge in [0.15, 0.2) is 0 Å². The minimum atomic E-state index is -1.46. The Kier molecular flexibility index (Phi) is 4.64. The third-order valence-corrected chi connectivity index (χ3v) is 5.94. The maximum Gasteiger partial charge on any atom is 0.353 e. The van der Waals surface area contributed by atoms with Crippen molar-refractivity contribution in [3.05, 3.63) is 59.9 Å². The number of ether oxygens (including phenoxy) is 2. The molecular weight excluding hydrogens is 403 g/mol. The van der Waals surface area contributed by atoms with Crippen LogP contribution in [-0.4, -0.2) is 47.6 Å². The summed E-state index contributed by atoms with van der Waals surface area (Å²) < 4.78 is 24.0. The fraction of sp³-hybridized carbons (Fsp3) is 0.348. The number of amides is 2. The summed E-state index contributed by atoms with van der Waals surface area (Å²) in [6.07, 6.45) is 1.93. The Bertz CT molecular complexity index is 1050. The minimum absolute atomic E-state index is 0.0612. The highest BCUT2D eigenvalue weighted by Crippen LogP contribution is 2.49. The number of halogens is 1. The van der Waals surface area contributed by atoms with Crippen LogP contribution >= 0.6 is 0 Å². The van der Waals surface area contributed by atoms with E-state index in [0.29, 0.717) is 17.0 Å². The summed E-state index contributed by atoms with van der Waals surface area (Å²) in [5.74, 6) is -0.995. The normalized spacial score (nSPS) is 22.2. The van der Waals surface area contributed by atoms with Gasteiger partial charge >= 0.3 is 5.97 Å². The molecule has 0 radical (unpaired) electrons. The summed E-state index contributed by atoms with van der Waals surface area (Å²) in [5.41, 5.74) is -0.585. The van der Waals surface area contributed by atoms with E-state index in [4.69, 9.17) is 9.47 Å². The van der Waals surface area contributed by atoms with Crippen LogP contribution in [0.2, 0.25) is 0 Å². The summed E-state index contributed by atoms with van der Waals surface area (Å²) in [5, 5.41) is 0. The van der Waals surface area contributed by atoms with Crippen molar-refractivity contribution in [2.24, 2.45) is 0 Å². The van der Waals surface area contributed by atoms with Gasteiger partial charge in [-0.25, -0.2) is 9.18 Å². The number of fused-ring (bicyclic) bond motifs is 3. The van der Waals surface area contributed by atoms with E-state index in [0.717, 1.165) is 12.8 Å². The number of para-hydroxylation sites is 1. The number of benzene rings is 2. The predicted molar refractivity (Wildman–Crippen MR) is 108 cm³/mol. The SMILES string of the molecule is O=C1CCC2(C(=O)OCCOc3ccc(F)cc3)N1c1ccccc1C(=O)N2C1CC1. The number of esters is 1. The summed E-state index contributed by atoms with van der Waals surface area (Å²) in [7, 11) is 0. The highest BCUT2D eigenvalue weighted by atomic mass is 19.1. The van der Waals surface area contributed by atoms with Crippen LogP contribution in [0, 0.1) is 5.82 Å². The number of carbonyl (C=O) groups is 3. The molecule has 1 atom stereocenters. The van der Waals surface area contributed by atoms with Crippen LogP contribution < -0.4 is 9.64 Å². The molecule has 3 aliphatic rings. The monoisotopic (exact) mass is 424 g/mol.